The van der Waals surface area contributed by atoms with Gasteiger partial charge in [-0.05, 0) is 41.7 Å². The summed E-state index contributed by atoms with van der Waals surface area (Å²) in [4.78, 5) is 31.3. The number of carbonyl (C=O) groups excluding carboxylic acids is 2. The van der Waals surface area contributed by atoms with Gasteiger partial charge in [0.15, 0.2) is 0 Å². The molecule has 2 unspecified atom stereocenters. The molecule has 140 valence electrons. The van der Waals surface area contributed by atoms with Gasteiger partial charge in [0.25, 0.3) is 5.91 Å². The zero-order valence-electron chi connectivity index (χ0n) is 15.4. The second-order valence-electron chi connectivity index (χ2n) is 8.47. The molecule has 2 fully saturated rings. The number of likely N-dealkylation sites (tertiary alicyclic amines) is 1. The third-order valence-corrected chi connectivity index (χ3v) is 7.20. The molecule has 0 spiro atoms. The van der Waals surface area contributed by atoms with E-state index in [1.807, 2.05) is 0 Å². The normalized spacial score (nSPS) is 27.1. The number of rotatable bonds is 4. The Hall–Kier alpha value is -2.21. The van der Waals surface area contributed by atoms with E-state index in [2.05, 4.69) is 46.4 Å². The summed E-state index contributed by atoms with van der Waals surface area (Å²) in [5, 5.41) is 4.76. The third kappa shape index (κ3) is 2.87. The van der Waals surface area contributed by atoms with E-state index in [-0.39, 0.29) is 11.3 Å². The van der Waals surface area contributed by atoms with Gasteiger partial charge in [-0.2, -0.15) is 0 Å². The molecule has 0 radical (unpaired) electrons. The van der Waals surface area contributed by atoms with E-state index in [0.717, 1.165) is 25.9 Å². The Morgan fingerprint density at radius 2 is 1.89 bits per heavy atom. The maximum Gasteiger partial charge on any atom is 0.270 e. The van der Waals surface area contributed by atoms with Crippen LogP contribution in [0.15, 0.2) is 35.2 Å². The molecule has 2 aromatic rings. The number of fused-ring (bicyclic) bond motifs is 2. The number of thiazole rings is 1. The molecule has 5 nitrogen and oxygen atoms in total. The Kier molecular flexibility index (Phi) is 3.86. The number of nitrogens with one attached hydrogen (secondary N) is 1. The van der Waals surface area contributed by atoms with Gasteiger partial charge >= 0.3 is 0 Å². The molecule has 5 rings (SSSR count). The average molecular weight is 382 g/mol. The van der Waals surface area contributed by atoms with Gasteiger partial charge in [0.2, 0.25) is 5.91 Å². The standard InChI is InChI=1S/C21H23N3O2S/c1-21(6-13-4-2-3-5-14(13)7-21)20(26)24-9-16-15(17(16)10-24)8-22-19(25)18-11-27-12-23-18/h2-5,11-12,15-17H,6-10H2,1H3,(H,22,25). The van der Waals surface area contributed by atoms with Crippen LogP contribution in [-0.2, 0) is 17.6 Å². The van der Waals surface area contributed by atoms with Crippen LogP contribution in [0, 0.1) is 23.2 Å². The lowest BCUT2D eigenvalue weighted by atomic mass is 9.85. The molecule has 2 amide bonds. The molecule has 27 heavy (non-hydrogen) atoms. The van der Waals surface area contributed by atoms with E-state index in [9.17, 15) is 9.59 Å². The first-order valence-electron chi connectivity index (χ1n) is 9.58. The van der Waals surface area contributed by atoms with Gasteiger partial charge in [0.05, 0.1) is 10.9 Å². The van der Waals surface area contributed by atoms with Crippen molar-refractivity contribution in [3.05, 3.63) is 52.0 Å². The fourth-order valence-electron chi connectivity index (χ4n) is 5.08. The van der Waals surface area contributed by atoms with Crippen molar-refractivity contribution in [2.45, 2.75) is 19.8 Å². The lowest BCUT2D eigenvalue weighted by Crippen LogP contribution is -2.43. The zero-order chi connectivity index (χ0) is 18.6. The summed E-state index contributed by atoms with van der Waals surface area (Å²) in [6.07, 6.45) is 1.70. The van der Waals surface area contributed by atoms with Crippen LogP contribution in [0.3, 0.4) is 0 Å². The molecular formula is C21H23N3O2S. The van der Waals surface area contributed by atoms with Gasteiger partial charge in [0, 0.05) is 25.0 Å². The second kappa shape index (κ2) is 6.16. The largest absolute Gasteiger partial charge is 0.350 e. The topological polar surface area (TPSA) is 62.3 Å². The molecular weight excluding hydrogens is 358 g/mol. The van der Waals surface area contributed by atoms with Crippen LogP contribution in [0.25, 0.3) is 0 Å². The minimum Gasteiger partial charge on any atom is -0.350 e. The SMILES string of the molecule is CC1(C(=O)N2CC3C(CNC(=O)c4cscn4)C3C2)Cc2ccccc2C1. The van der Waals surface area contributed by atoms with Gasteiger partial charge in [-0.25, -0.2) is 4.98 Å². The summed E-state index contributed by atoms with van der Waals surface area (Å²) in [6, 6.07) is 8.42. The van der Waals surface area contributed by atoms with Crippen LogP contribution in [0.2, 0.25) is 0 Å². The molecule has 1 saturated carbocycles. The number of amides is 2. The van der Waals surface area contributed by atoms with Crippen molar-refractivity contribution in [3.8, 4) is 0 Å². The average Bonchev–Trinajstić information content (AvgIpc) is 3.16. The van der Waals surface area contributed by atoms with Gasteiger partial charge in [-0.3, -0.25) is 9.59 Å². The van der Waals surface area contributed by atoms with Crippen LogP contribution in [0.4, 0.5) is 0 Å². The molecule has 1 aliphatic heterocycles. The number of hydrogen-bond acceptors (Lipinski definition) is 4. The Balaban J connectivity index is 1.15. The summed E-state index contributed by atoms with van der Waals surface area (Å²) in [7, 11) is 0. The Morgan fingerprint density at radius 1 is 1.22 bits per heavy atom. The van der Waals surface area contributed by atoms with Crippen LogP contribution < -0.4 is 5.32 Å². The summed E-state index contributed by atoms with van der Waals surface area (Å²) in [5.74, 6) is 1.79. The number of nitrogens with zero attached hydrogens (tertiary/aromatic N) is 2. The monoisotopic (exact) mass is 381 g/mol. The fourth-order valence-corrected chi connectivity index (χ4v) is 5.61. The van der Waals surface area contributed by atoms with Crippen molar-refractivity contribution < 1.29 is 9.59 Å². The molecule has 2 atom stereocenters. The lowest BCUT2D eigenvalue weighted by Gasteiger charge is -2.30. The minimum absolute atomic E-state index is 0.0922. The lowest BCUT2D eigenvalue weighted by molar-refractivity contribution is -0.140. The predicted molar refractivity (Wildman–Crippen MR) is 103 cm³/mol. The van der Waals surface area contributed by atoms with E-state index < -0.39 is 0 Å². The summed E-state index contributed by atoms with van der Waals surface area (Å²) < 4.78 is 0. The maximum absolute atomic E-state index is 13.2. The van der Waals surface area contributed by atoms with Crippen LogP contribution >= 0.6 is 11.3 Å². The van der Waals surface area contributed by atoms with Crippen molar-refractivity contribution >= 4 is 23.2 Å². The van der Waals surface area contributed by atoms with E-state index in [0.29, 0.717) is 35.9 Å². The highest BCUT2D eigenvalue weighted by Gasteiger charge is 2.58. The summed E-state index contributed by atoms with van der Waals surface area (Å²) in [6.45, 7) is 4.49. The second-order valence-corrected chi connectivity index (χ2v) is 9.19. The van der Waals surface area contributed by atoms with Crippen molar-refractivity contribution in [1.29, 1.82) is 0 Å². The highest BCUT2D eigenvalue weighted by molar-refractivity contribution is 7.07. The predicted octanol–water partition coefficient (Wildman–Crippen LogP) is 2.38. The molecule has 1 N–H and O–H groups in total. The maximum atomic E-state index is 13.2. The Labute approximate surface area is 162 Å². The van der Waals surface area contributed by atoms with Crippen molar-refractivity contribution in [1.82, 2.24) is 15.2 Å². The Morgan fingerprint density at radius 3 is 2.48 bits per heavy atom. The fraction of sp³-hybridized carbons (Fsp3) is 0.476. The van der Waals surface area contributed by atoms with Crippen molar-refractivity contribution in [3.63, 3.8) is 0 Å². The highest BCUT2D eigenvalue weighted by atomic mass is 32.1. The Bertz CT molecular complexity index is 858. The first-order valence-corrected chi connectivity index (χ1v) is 10.5. The van der Waals surface area contributed by atoms with Crippen LogP contribution in [0.5, 0.6) is 0 Å². The number of benzene rings is 1. The molecule has 0 bridgehead atoms. The number of piperidine rings is 1. The molecule has 1 aromatic carbocycles. The molecule has 3 aliphatic rings. The van der Waals surface area contributed by atoms with Crippen LogP contribution in [0.1, 0.15) is 28.5 Å². The van der Waals surface area contributed by atoms with E-state index in [1.165, 1.54) is 22.5 Å². The minimum atomic E-state index is -0.297. The molecule has 2 heterocycles. The molecule has 2 aliphatic carbocycles. The molecule has 1 saturated heterocycles. The van der Waals surface area contributed by atoms with Gasteiger partial charge in [0.1, 0.15) is 5.69 Å². The first-order chi connectivity index (χ1) is 13.0. The van der Waals surface area contributed by atoms with Crippen LogP contribution in [-0.4, -0.2) is 41.3 Å². The highest BCUT2D eigenvalue weighted by Crippen LogP contribution is 2.52. The number of aromatic nitrogens is 1. The van der Waals surface area contributed by atoms with E-state index in [4.69, 9.17) is 0 Å². The third-order valence-electron chi connectivity index (χ3n) is 6.62. The van der Waals surface area contributed by atoms with E-state index >= 15 is 0 Å². The van der Waals surface area contributed by atoms with Gasteiger partial charge in [-0.15, -0.1) is 11.3 Å². The molecule has 6 heteroatoms. The smallest absolute Gasteiger partial charge is 0.270 e. The van der Waals surface area contributed by atoms with Gasteiger partial charge in [-0.1, -0.05) is 31.2 Å². The summed E-state index contributed by atoms with van der Waals surface area (Å²) >= 11 is 1.43. The molecule has 1 aromatic heterocycles. The van der Waals surface area contributed by atoms with Gasteiger partial charge < -0.3 is 10.2 Å². The zero-order valence-corrected chi connectivity index (χ0v) is 16.2. The summed E-state index contributed by atoms with van der Waals surface area (Å²) in [5.41, 5.74) is 4.51. The quantitative estimate of drug-likeness (QED) is 0.885. The van der Waals surface area contributed by atoms with Crippen molar-refractivity contribution in [2.75, 3.05) is 19.6 Å². The number of hydrogen-bond donors (Lipinski definition) is 1. The van der Waals surface area contributed by atoms with E-state index in [1.54, 1.807) is 10.9 Å². The first kappa shape index (κ1) is 16.9. The van der Waals surface area contributed by atoms with Crippen molar-refractivity contribution in [2.24, 2.45) is 23.2 Å². The number of carbonyl (C=O) groups is 2.